The van der Waals surface area contributed by atoms with Gasteiger partial charge in [0.05, 0.1) is 13.0 Å². The number of ether oxygens (including phenoxy) is 1. The highest BCUT2D eigenvalue weighted by Gasteiger charge is 2.19. The maximum Gasteiger partial charge on any atom is 0.306 e. The van der Waals surface area contributed by atoms with E-state index in [4.69, 9.17) is 4.74 Å². The summed E-state index contributed by atoms with van der Waals surface area (Å²) in [5, 5.41) is 0.807. The van der Waals surface area contributed by atoms with Crippen LogP contribution in [0, 0.1) is 5.92 Å². The number of hydrogen-bond acceptors (Lipinski definition) is 5. The van der Waals surface area contributed by atoms with Gasteiger partial charge in [-0.15, -0.1) is 0 Å². The van der Waals surface area contributed by atoms with Gasteiger partial charge in [-0.2, -0.15) is 0 Å². The van der Waals surface area contributed by atoms with Crippen molar-refractivity contribution in [3.05, 3.63) is 0 Å². The van der Waals surface area contributed by atoms with E-state index in [1.54, 1.807) is 0 Å². The van der Waals surface area contributed by atoms with Gasteiger partial charge in [-0.1, -0.05) is 41.4 Å². The molecular weight excluding hydrogens is 292 g/mol. The highest BCUT2D eigenvalue weighted by molar-refractivity contribution is 8.76. The van der Waals surface area contributed by atoms with E-state index in [0.29, 0.717) is 13.0 Å². The van der Waals surface area contributed by atoms with Gasteiger partial charge in [-0.05, 0) is 32.1 Å². The maximum atomic E-state index is 11.3. The van der Waals surface area contributed by atoms with Crippen molar-refractivity contribution in [1.29, 1.82) is 0 Å². The Kier molecular flexibility index (Phi) is 9.44. The third-order valence-electron chi connectivity index (χ3n) is 3.41. The number of carbonyl (C=O) groups is 2. The fourth-order valence-electron chi connectivity index (χ4n) is 2.26. The molecule has 0 aromatic carbocycles. The van der Waals surface area contributed by atoms with E-state index in [1.807, 2.05) is 21.6 Å². The van der Waals surface area contributed by atoms with Gasteiger partial charge in [-0.25, -0.2) is 0 Å². The van der Waals surface area contributed by atoms with Crippen LogP contribution >= 0.6 is 21.6 Å². The van der Waals surface area contributed by atoms with Crippen molar-refractivity contribution >= 4 is 33.3 Å². The highest BCUT2D eigenvalue weighted by atomic mass is 33.1. The van der Waals surface area contributed by atoms with Crippen molar-refractivity contribution in [2.75, 3.05) is 12.4 Å². The molecule has 0 N–H and O–H groups in total. The normalized spacial score (nSPS) is 22.5. The number of carbonyl (C=O) groups excluding carboxylic acids is 2. The molecule has 2 atom stereocenters. The molecule has 1 rings (SSSR count). The fourth-order valence-corrected chi connectivity index (χ4v) is 5.20. The number of esters is 1. The monoisotopic (exact) mass is 318 g/mol. The SMILES string of the molecule is CC(=O)CCC(=O)OCCCSSC1CCCC(C)C1. The summed E-state index contributed by atoms with van der Waals surface area (Å²) in [7, 11) is 3.91. The van der Waals surface area contributed by atoms with E-state index in [9.17, 15) is 9.59 Å². The minimum absolute atomic E-state index is 0.0376. The molecule has 20 heavy (non-hydrogen) atoms. The van der Waals surface area contributed by atoms with Gasteiger partial charge in [-0.3, -0.25) is 4.79 Å². The van der Waals surface area contributed by atoms with Crippen LogP contribution in [0.2, 0.25) is 0 Å². The van der Waals surface area contributed by atoms with E-state index in [0.717, 1.165) is 23.3 Å². The van der Waals surface area contributed by atoms with Crippen LogP contribution in [0.4, 0.5) is 0 Å². The molecule has 0 radical (unpaired) electrons. The van der Waals surface area contributed by atoms with Crippen LogP contribution in [0.25, 0.3) is 0 Å². The Morgan fingerprint density at radius 1 is 1.25 bits per heavy atom. The van der Waals surface area contributed by atoms with Gasteiger partial charge in [0.1, 0.15) is 5.78 Å². The van der Waals surface area contributed by atoms with Gasteiger partial charge in [0.2, 0.25) is 0 Å². The standard InChI is InChI=1S/C15H26O3S2/c1-12-5-3-6-14(11-12)20-19-10-4-9-18-15(17)8-7-13(2)16/h12,14H,3-11H2,1-2H3. The second-order valence-electron chi connectivity index (χ2n) is 5.59. The van der Waals surface area contributed by atoms with Gasteiger partial charge in [0, 0.05) is 17.4 Å². The molecule has 2 unspecified atom stereocenters. The zero-order valence-electron chi connectivity index (χ0n) is 12.6. The van der Waals surface area contributed by atoms with E-state index in [2.05, 4.69) is 6.92 Å². The van der Waals surface area contributed by atoms with Gasteiger partial charge in [0.15, 0.2) is 0 Å². The van der Waals surface area contributed by atoms with E-state index >= 15 is 0 Å². The van der Waals surface area contributed by atoms with E-state index in [1.165, 1.54) is 32.6 Å². The molecule has 0 aromatic rings. The molecule has 0 saturated heterocycles. The molecule has 0 aliphatic heterocycles. The molecule has 1 aliphatic carbocycles. The Morgan fingerprint density at radius 2 is 2.05 bits per heavy atom. The van der Waals surface area contributed by atoms with E-state index in [-0.39, 0.29) is 18.2 Å². The molecule has 1 aliphatic rings. The largest absolute Gasteiger partial charge is 0.466 e. The molecule has 1 saturated carbocycles. The first-order valence-corrected chi connectivity index (χ1v) is 9.89. The van der Waals surface area contributed by atoms with Crippen molar-refractivity contribution in [3.63, 3.8) is 0 Å². The third kappa shape index (κ3) is 8.90. The molecule has 0 spiro atoms. The number of rotatable bonds is 9. The lowest BCUT2D eigenvalue weighted by Gasteiger charge is -2.25. The Morgan fingerprint density at radius 3 is 2.75 bits per heavy atom. The van der Waals surface area contributed by atoms with Gasteiger partial charge < -0.3 is 9.53 Å². The Hall–Kier alpha value is -0.160. The molecule has 1 fully saturated rings. The average molecular weight is 319 g/mol. The van der Waals surface area contributed by atoms with Crippen LogP contribution < -0.4 is 0 Å². The molecule has 0 aromatic heterocycles. The van der Waals surface area contributed by atoms with Crippen molar-refractivity contribution < 1.29 is 14.3 Å². The maximum absolute atomic E-state index is 11.3. The van der Waals surface area contributed by atoms with Crippen molar-refractivity contribution in [2.24, 2.45) is 5.92 Å². The predicted molar refractivity (Wildman–Crippen MR) is 87.0 cm³/mol. The topological polar surface area (TPSA) is 43.4 Å². The average Bonchev–Trinajstić information content (AvgIpc) is 2.40. The van der Waals surface area contributed by atoms with Gasteiger partial charge in [0.25, 0.3) is 0 Å². The lowest BCUT2D eigenvalue weighted by molar-refractivity contribution is -0.144. The summed E-state index contributed by atoms with van der Waals surface area (Å²) in [5.41, 5.74) is 0. The lowest BCUT2D eigenvalue weighted by Crippen LogP contribution is -2.14. The summed E-state index contributed by atoms with van der Waals surface area (Å²) < 4.78 is 5.09. The minimum atomic E-state index is -0.251. The number of ketones is 1. The molecule has 116 valence electrons. The molecule has 5 heteroatoms. The second kappa shape index (κ2) is 10.6. The number of hydrogen-bond donors (Lipinski definition) is 0. The van der Waals surface area contributed by atoms with E-state index < -0.39 is 0 Å². The van der Waals surface area contributed by atoms with Crippen LogP contribution in [-0.4, -0.2) is 29.4 Å². The third-order valence-corrected chi connectivity index (χ3v) is 6.43. The van der Waals surface area contributed by atoms with Gasteiger partial charge >= 0.3 is 5.97 Å². The smallest absolute Gasteiger partial charge is 0.306 e. The summed E-state index contributed by atoms with van der Waals surface area (Å²) in [4.78, 5) is 22.0. The summed E-state index contributed by atoms with van der Waals surface area (Å²) >= 11 is 0. The van der Waals surface area contributed by atoms with Crippen molar-refractivity contribution in [2.45, 2.75) is 64.0 Å². The Labute approximate surface area is 130 Å². The first-order valence-electron chi connectivity index (χ1n) is 7.51. The van der Waals surface area contributed by atoms with Crippen LogP contribution in [0.1, 0.15) is 58.8 Å². The minimum Gasteiger partial charge on any atom is -0.466 e. The lowest BCUT2D eigenvalue weighted by atomic mass is 9.91. The van der Waals surface area contributed by atoms with Crippen LogP contribution in [0.15, 0.2) is 0 Å². The van der Waals surface area contributed by atoms with Crippen molar-refractivity contribution in [1.82, 2.24) is 0 Å². The Balaban J connectivity index is 1.91. The Bertz CT molecular complexity index is 307. The summed E-state index contributed by atoms with van der Waals surface area (Å²) in [6.45, 7) is 4.32. The number of Topliss-reactive ketones (excluding diaryl/α,β-unsaturated/α-hetero) is 1. The predicted octanol–water partition coefficient (Wildman–Crippen LogP) is 4.25. The molecular formula is C15H26O3S2. The summed E-state index contributed by atoms with van der Waals surface area (Å²) in [6, 6.07) is 0. The van der Waals surface area contributed by atoms with Crippen LogP contribution in [0.3, 0.4) is 0 Å². The quantitative estimate of drug-likeness (QED) is 0.361. The highest BCUT2D eigenvalue weighted by Crippen LogP contribution is 2.38. The van der Waals surface area contributed by atoms with Crippen molar-refractivity contribution in [3.8, 4) is 0 Å². The summed E-state index contributed by atoms with van der Waals surface area (Å²) in [6.07, 6.45) is 6.86. The van der Waals surface area contributed by atoms with Crippen LogP contribution in [-0.2, 0) is 14.3 Å². The molecule has 3 nitrogen and oxygen atoms in total. The first kappa shape index (κ1) is 17.9. The summed E-state index contributed by atoms with van der Waals surface area (Å²) in [5.74, 6) is 1.69. The molecule has 0 heterocycles. The molecule has 0 amide bonds. The zero-order chi connectivity index (χ0) is 14.8. The van der Waals surface area contributed by atoms with Crippen LogP contribution in [0.5, 0.6) is 0 Å². The zero-order valence-corrected chi connectivity index (χ0v) is 14.2. The fraction of sp³-hybridized carbons (Fsp3) is 0.867. The first-order chi connectivity index (χ1) is 9.58. The second-order valence-corrected chi connectivity index (χ2v) is 8.38. The molecule has 0 bridgehead atoms.